The first kappa shape index (κ1) is 9.03. The van der Waals surface area contributed by atoms with Crippen molar-refractivity contribution in [2.24, 2.45) is 0 Å². The largest absolute Gasteiger partial charge is 0.313 e. The van der Waals surface area contributed by atoms with Crippen molar-refractivity contribution in [3.05, 3.63) is 55.1 Å². The molecule has 0 unspecified atom stereocenters. The number of nitrogens with zero attached hydrogens (tertiary/aromatic N) is 2. The maximum Gasteiger partial charge on any atom is 0.117 e. The Balaban J connectivity index is 2.22. The molecule has 0 radical (unpaired) electrons. The summed E-state index contributed by atoms with van der Waals surface area (Å²) in [5.74, 6) is 0. The molecule has 0 spiro atoms. The maximum atomic E-state index is 2.15. The van der Waals surface area contributed by atoms with E-state index in [1.54, 1.807) is 0 Å². The molecule has 1 heterocycles. The van der Waals surface area contributed by atoms with Gasteiger partial charge in [-0.3, -0.25) is 4.48 Å². The van der Waals surface area contributed by atoms with E-state index in [1.807, 2.05) is 18.2 Å². The molecule has 0 aliphatic carbocycles. The second-order valence-corrected chi connectivity index (χ2v) is 3.97. The summed E-state index contributed by atoms with van der Waals surface area (Å²) in [5.41, 5.74) is 1.19. The van der Waals surface area contributed by atoms with E-state index >= 15 is 0 Å². The molecule has 0 saturated heterocycles. The van der Waals surface area contributed by atoms with Gasteiger partial charge in [-0.1, -0.05) is 18.2 Å². The summed E-state index contributed by atoms with van der Waals surface area (Å²) in [7, 11) is 4.27. The van der Waals surface area contributed by atoms with Gasteiger partial charge in [0.15, 0.2) is 0 Å². The number of rotatable bonds is 1. The normalized spacial score (nSPS) is 18.6. The predicted molar refractivity (Wildman–Crippen MR) is 59.3 cm³/mol. The van der Waals surface area contributed by atoms with Crippen molar-refractivity contribution in [2.45, 2.75) is 0 Å². The van der Waals surface area contributed by atoms with E-state index in [0.29, 0.717) is 0 Å². The van der Waals surface area contributed by atoms with Gasteiger partial charge in [0.1, 0.15) is 12.4 Å². The Morgan fingerprint density at radius 3 is 2.07 bits per heavy atom. The molecule has 0 bridgehead atoms. The Bertz CT molecular complexity index is 347. The second kappa shape index (κ2) is 3.31. The number of hydrogen-bond acceptors (Lipinski definition) is 1. The fraction of sp³-hybridized carbons (Fsp3) is 0.167. The van der Waals surface area contributed by atoms with Crippen LogP contribution in [0.4, 0.5) is 5.69 Å². The van der Waals surface area contributed by atoms with Crippen LogP contribution >= 0.6 is 0 Å². The molecular formula is C12H15N2+. The zero-order valence-corrected chi connectivity index (χ0v) is 8.59. The molecule has 0 saturated carbocycles. The zero-order valence-electron chi connectivity index (χ0n) is 8.59. The van der Waals surface area contributed by atoms with Crippen molar-refractivity contribution >= 4 is 5.69 Å². The highest BCUT2D eigenvalue weighted by Gasteiger charge is 2.13. The number of para-hydroxylation sites is 1. The number of quaternary nitrogens is 1. The number of anilines is 1. The number of benzene rings is 1. The third kappa shape index (κ3) is 1.86. The monoisotopic (exact) mass is 187 g/mol. The molecule has 1 aromatic rings. The summed E-state index contributed by atoms with van der Waals surface area (Å²) >= 11 is 0. The predicted octanol–water partition coefficient (Wildman–Crippen LogP) is 2.53. The fourth-order valence-corrected chi connectivity index (χ4v) is 1.36. The van der Waals surface area contributed by atoms with E-state index in [2.05, 4.69) is 55.9 Å². The Kier molecular flexibility index (Phi) is 2.14. The highest BCUT2D eigenvalue weighted by Crippen LogP contribution is 2.18. The Morgan fingerprint density at radius 1 is 0.929 bits per heavy atom. The van der Waals surface area contributed by atoms with Gasteiger partial charge < -0.3 is 4.90 Å². The average Bonchev–Trinajstić information content (AvgIpc) is 2.19. The Morgan fingerprint density at radius 2 is 1.50 bits per heavy atom. The molecule has 2 rings (SSSR count). The standard InChI is InChI=1S/C12H15N2/c1-14(2)10-8-13(9-11-14)12-6-4-3-5-7-12/h3-11H,1-2H3/q+1. The zero-order chi connectivity index (χ0) is 10.0. The van der Waals surface area contributed by atoms with Crippen LogP contribution < -0.4 is 4.90 Å². The van der Waals surface area contributed by atoms with Crippen molar-refractivity contribution in [1.29, 1.82) is 0 Å². The Labute approximate surface area is 85.0 Å². The molecule has 1 aliphatic rings. The van der Waals surface area contributed by atoms with E-state index < -0.39 is 0 Å². The minimum atomic E-state index is 0.795. The molecule has 1 aliphatic heterocycles. The van der Waals surface area contributed by atoms with Gasteiger partial charge in [-0.15, -0.1) is 0 Å². The van der Waals surface area contributed by atoms with Crippen LogP contribution in [0.15, 0.2) is 55.1 Å². The quantitative estimate of drug-likeness (QED) is 0.611. The van der Waals surface area contributed by atoms with E-state index in [9.17, 15) is 0 Å². The molecule has 0 fully saturated rings. The van der Waals surface area contributed by atoms with Crippen LogP contribution in [-0.2, 0) is 0 Å². The topological polar surface area (TPSA) is 3.24 Å². The molecular weight excluding hydrogens is 172 g/mol. The molecule has 0 amide bonds. The first-order valence-electron chi connectivity index (χ1n) is 4.73. The summed E-state index contributed by atoms with van der Waals surface area (Å²) in [6.07, 6.45) is 8.48. The van der Waals surface area contributed by atoms with Crippen molar-refractivity contribution in [1.82, 2.24) is 0 Å². The van der Waals surface area contributed by atoms with Gasteiger partial charge in [0.2, 0.25) is 0 Å². The van der Waals surface area contributed by atoms with E-state index in [4.69, 9.17) is 0 Å². The third-order valence-electron chi connectivity index (χ3n) is 2.28. The molecule has 0 aromatic heterocycles. The SMILES string of the molecule is C[N+]1(C)C=CN(c2ccccc2)C=C1. The highest BCUT2D eigenvalue weighted by atomic mass is 15.3. The highest BCUT2D eigenvalue weighted by molar-refractivity contribution is 5.51. The van der Waals surface area contributed by atoms with Crippen LogP contribution in [0, 0.1) is 0 Å². The molecule has 14 heavy (non-hydrogen) atoms. The van der Waals surface area contributed by atoms with Gasteiger partial charge in [0, 0.05) is 5.69 Å². The summed E-state index contributed by atoms with van der Waals surface area (Å²) in [6, 6.07) is 10.3. The van der Waals surface area contributed by atoms with E-state index in [0.717, 1.165) is 4.48 Å². The van der Waals surface area contributed by atoms with Gasteiger partial charge in [0.25, 0.3) is 0 Å². The minimum absolute atomic E-state index is 0.795. The summed E-state index contributed by atoms with van der Waals surface area (Å²) in [4.78, 5) is 2.11. The van der Waals surface area contributed by atoms with Gasteiger partial charge in [-0.2, -0.15) is 0 Å². The lowest BCUT2D eigenvalue weighted by molar-refractivity contribution is -0.785. The molecule has 2 nitrogen and oxygen atoms in total. The molecule has 0 atom stereocenters. The van der Waals surface area contributed by atoms with Crippen LogP contribution in [-0.4, -0.2) is 18.6 Å². The maximum absolute atomic E-state index is 2.15. The van der Waals surface area contributed by atoms with Crippen molar-refractivity contribution in [2.75, 3.05) is 19.0 Å². The fourth-order valence-electron chi connectivity index (χ4n) is 1.36. The van der Waals surface area contributed by atoms with Crippen molar-refractivity contribution < 1.29 is 4.48 Å². The lowest BCUT2D eigenvalue weighted by Crippen LogP contribution is -2.30. The lowest BCUT2D eigenvalue weighted by atomic mass is 10.3. The third-order valence-corrected chi connectivity index (χ3v) is 2.28. The Hall–Kier alpha value is -1.54. The average molecular weight is 187 g/mol. The van der Waals surface area contributed by atoms with E-state index in [1.165, 1.54) is 5.69 Å². The molecule has 1 aromatic carbocycles. The van der Waals surface area contributed by atoms with Crippen LogP contribution in [0.2, 0.25) is 0 Å². The van der Waals surface area contributed by atoms with Crippen LogP contribution in [0.1, 0.15) is 0 Å². The van der Waals surface area contributed by atoms with Crippen LogP contribution in [0.3, 0.4) is 0 Å². The minimum Gasteiger partial charge on any atom is -0.313 e. The van der Waals surface area contributed by atoms with Gasteiger partial charge in [-0.25, -0.2) is 0 Å². The molecule has 2 heteroatoms. The smallest absolute Gasteiger partial charge is 0.117 e. The first-order valence-corrected chi connectivity index (χ1v) is 4.73. The van der Waals surface area contributed by atoms with Gasteiger partial charge in [0.05, 0.1) is 26.5 Å². The summed E-state index contributed by atoms with van der Waals surface area (Å²) in [5, 5.41) is 0. The van der Waals surface area contributed by atoms with Crippen molar-refractivity contribution in [3.8, 4) is 0 Å². The molecule has 0 N–H and O–H groups in total. The first-order chi connectivity index (χ1) is 6.67. The van der Waals surface area contributed by atoms with Crippen LogP contribution in [0.5, 0.6) is 0 Å². The number of hydrogen-bond donors (Lipinski definition) is 0. The van der Waals surface area contributed by atoms with Crippen LogP contribution in [0.25, 0.3) is 0 Å². The lowest BCUT2D eigenvalue weighted by Gasteiger charge is -2.26. The summed E-state index contributed by atoms with van der Waals surface area (Å²) < 4.78 is 0.795. The second-order valence-electron chi connectivity index (χ2n) is 3.97. The van der Waals surface area contributed by atoms with Crippen molar-refractivity contribution in [3.63, 3.8) is 0 Å². The summed E-state index contributed by atoms with van der Waals surface area (Å²) in [6.45, 7) is 0. The van der Waals surface area contributed by atoms with Gasteiger partial charge in [-0.05, 0) is 12.1 Å². The van der Waals surface area contributed by atoms with Gasteiger partial charge >= 0.3 is 0 Å². The molecule has 72 valence electrons. The van der Waals surface area contributed by atoms with E-state index in [-0.39, 0.29) is 0 Å².